The van der Waals surface area contributed by atoms with Gasteiger partial charge in [-0.1, -0.05) is 26.3 Å². The van der Waals surface area contributed by atoms with Gasteiger partial charge in [-0.2, -0.15) is 5.10 Å². The monoisotopic (exact) mass is 335 g/mol. The van der Waals surface area contributed by atoms with Crippen LogP contribution in [-0.4, -0.2) is 31.0 Å². The molecule has 1 aromatic rings. The van der Waals surface area contributed by atoms with Crippen LogP contribution in [-0.2, 0) is 6.42 Å². The molecule has 1 atom stereocenters. The number of hydrazone groups is 1. The molecule has 1 aliphatic rings. The van der Waals surface area contributed by atoms with E-state index in [-0.39, 0.29) is 11.8 Å². The van der Waals surface area contributed by atoms with Crippen LogP contribution in [0, 0.1) is 11.6 Å². The second-order valence-electron chi connectivity index (χ2n) is 5.71. The van der Waals surface area contributed by atoms with Crippen LogP contribution in [0.15, 0.2) is 27.2 Å². The Morgan fingerprint density at radius 3 is 2.96 bits per heavy atom. The first kappa shape index (κ1) is 18.0. The Morgan fingerprint density at radius 2 is 2.21 bits per heavy atom. The largest absolute Gasteiger partial charge is 0.381 e. The molecule has 0 saturated heterocycles. The molecule has 3 N–H and O–H groups in total. The van der Waals surface area contributed by atoms with E-state index < -0.39 is 11.6 Å². The minimum absolute atomic E-state index is 0.193. The van der Waals surface area contributed by atoms with Crippen molar-refractivity contribution in [2.45, 2.75) is 39.0 Å². The Bertz CT molecular complexity index is 667. The summed E-state index contributed by atoms with van der Waals surface area (Å²) in [6, 6.07) is 2.74. The Balaban J connectivity index is 2.28. The topological polar surface area (TPSA) is 75.1 Å². The van der Waals surface area contributed by atoms with Crippen LogP contribution in [0.4, 0.5) is 8.78 Å². The average Bonchev–Trinajstić information content (AvgIpc) is 2.57. The van der Waals surface area contributed by atoms with Gasteiger partial charge in [0.25, 0.3) is 0 Å². The molecular weight excluding hydrogens is 312 g/mol. The standard InChI is InChI=1S/C17H23F2N5/c1-3-4-8-21-16(20)17-22-10-11(2)12-5-6-14(18)15(19)13(12)7-9-23-24-17/h5-6,10-11,23H,3-4,7-9H2,1-2H3,(H2,20,21)/b22-10?,24-17-. The van der Waals surface area contributed by atoms with Crippen LogP contribution < -0.4 is 11.2 Å². The zero-order chi connectivity index (χ0) is 17.5. The summed E-state index contributed by atoms with van der Waals surface area (Å²) >= 11 is 0. The summed E-state index contributed by atoms with van der Waals surface area (Å²) in [4.78, 5) is 8.55. The van der Waals surface area contributed by atoms with Crippen LogP contribution in [0.1, 0.15) is 43.7 Å². The molecule has 7 heteroatoms. The number of benzene rings is 1. The van der Waals surface area contributed by atoms with Gasteiger partial charge in [0.15, 0.2) is 17.5 Å². The van der Waals surface area contributed by atoms with E-state index in [0.29, 0.717) is 36.5 Å². The zero-order valence-electron chi connectivity index (χ0n) is 14.0. The lowest BCUT2D eigenvalue weighted by Gasteiger charge is -2.16. The van der Waals surface area contributed by atoms with E-state index in [9.17, 15) is 8.78 Å². The summed E-state index contributed by atoms with van der Waals surface area (Å²) in [7, 11) is 0. The number of aliphatic imine (C=N–C) groups is 2. The maximum Gasteiger partial charge on any atom is 0.213 e. The number of unbranched alkanes of at least 4 members (excludes halogenated alkanes) is 1. The van der Waals surface area contributed by atoms with Crippen molar-refractivity contribution in [1.29, 1.82) is 0 Å². The van der Waals surface area contributed by atoms with E-state index in [1.54, 1.807) is 12.3 Å². The lowest BCUT2D eigenvalue weighted by atomic mass is 9.94. The van der Waals surface area contributed by atoms with Crippen molar-refractivity contribution in [3.8, 4) is 0 Å². The number of nitrogens with one attached hydrogen (secondary N) is 1. The van der Waals surface area contributed by atoms with Gasteiger partial charge in [-0.05, 0) is 30.0 Å². The highest BCUT2D eigenvalue weighted by Crippen LogP contribution is 2.24. The van der Waals surface area contributed by atoms with Gasteiger partial charge in [-0.3, -0.25) is 4.99 Å². The average molecular weight is 335 g/mol. The lowest BCUT2D eigenvalue weighted by Crippen LogP contribution is -2.27. The molecule has 0 fully saturated rings. The maximum absolute atomic E-state index is 14.1. The predicted octanol–water partition coefficient (Wildman–Crippen LogP) is 2.76. The SMILES string of the molecule is CCCCN=C(N)/C1=N/NCCc2c(ccc(F)c2F)C(C)C=N1. The molecule has 130 valence electrons. The minimum Gasteiger partial charge on any atom is -0.381 e. The number of fused-ring (bicyclic) bond motifs is 1. The minimum atomic E-state index is -0.841. The molecule has 0 spiro atoms. The van der Waals surface area contributed by atoms with Gasteiger partial charge >= 0.3 is 0 Å². The first-order valence-electron chi connectivity index (χ1n) is 8.16. The second kappa shape index (κ2) is 8.52. The van der Waals surface area contributed by atoms with Crippen LogP contribution in [0.25, 0.3) is 0 Å². The third-order valence-electron chi connectivity index (χ3n) is 3.84. The number of nitrogens with two attached hydrogens (primary N) is 1. The fourth-order valence-corrected chi connectivity index (χ4v) is 2.44. The Kier molecular flexibility index (Phi) is 6.40. The Hall–Kier alpha value is -2.31. The van der Waals surface area contributed by atoms with Gasteiger partial charge in [0.1, 0.15) is 0 Å². The van der Waals surface area contributed by atoms with E-state index in [2.05, 4.69) is 27.4 Å². The van der Waals surface area contributed by atoms with E-state index in [1.807, 2.05) is 6.92 Å². The van der Waals surface area contributed by atoms with E-state index in [0.717, 1.165) is 18.9 Å². The highest BCUT2D eigenvalue weighted by Gasteiger charge is 2.18. The summed E-state index contributed by atoms with van der Waals surface area (Å²) in [6.45, 7) is 4.92. The summed E-state index contributed by atoms with van der Waals surface area (Å²) < 4.78 is 27.5. The fourth-order valence-electron chi connectivity index (χ4n) is 2.44. The number of halogens is 2. The highest BCUT2D eigenvalue weighted by atomic mass is 19.2. The molecule has 0 bridgehead atoms. The number of hydrogen-bond donors (Lipinski definition) is 2. The van der Waals surface area contributed by atoms with Crippen LogP contribution in [0.5, 0.6) is 0 Å². The van der Waals surface area contributed by atoms with E-state index in [1.165, 1.54) is 0 Å². The molecular formula is C17H23F2N5. The van der Waals surface area contributed by atoms with Gasteiger partial charge in [0, 0.05) is 25.2 Å². The predicted molar refractivity (Wildman–Crippen MR) is 93.8 cm³/mol. The molecule has 0 saturated carbocycles. The Morgan fingerprint density at radius 1 is 1.42 bits per heavy atom. The first-order valence-corrected chi connectivity index (χ1v) is 8.16. The summed E-state index contributed by atoms with van der Waals surface area (Å²) in [5.41, 5.74) is 9.80. The van der Waals surface area contributed by atoms with Gasteiger partial charge in [0.05, 0.1) is 0 Å². The quantitative estimate of drug-likeness (QED) is 0.504. The first-order chi connectivity index (χ1) is 11.5. The summed E-state index contributed by atoms with van der Waals surface area (Å²) in [6.07, 6.45) is 3.92. The van der Waals surface area contributed by atoms with Crippen LogP contribution in [0.2, 0.25) is 0 Å². The molecule has 2 rings (SSSR count). The molecule has 1 heterocycles. The van der Waals surface area contributed by atoms with E-state index >= 15 is 0 Å². The highest BCUT2D eigenvalue weighted by molar-refractivity contribution is 6.41. The van der Waals surface area contributed by atoms with Crippen molar-refractivity contribution in [2.75, 3.05) is 13.1 Å². The zero-order valence-corrected chi connectivity index (χ0v) is 14.0. The Labute approximate surface area is 140 Å². The molecule has 5 nitrogen and oxygen atoms in total. The molecule has 0 aliphatic carbocycles. The normalized spacial score (nSPS) is 20.8. The molecule has 1 aliphatic heterocycles. The number of rotatable bonds is 4. The third kappa shape index (κ3) is 4.37. The van der Waals surface area contributed by atoms with Crippen molar-refractivity contribution in [1.82, 2.24) is 5.43 Å². The van der Waals surface area contributed by atoms with Crippen molar-refractivity contribution in [2.24, 2.45) is 20.8 Å². The molecule has 1 unspecified atom stereocenters. The van der Waals surface area contributed by atoms with Crippen molar-refractivity contribution in [3.05, 3.63) is 34.9 Å². The molecule has 1 aromatic carbocycles. The summed E-state index contributed by atoms with van der Waals surface area (Å²) in [5.74, 6) is -1.26. The van der Waals surface area contributed by atoms with Gasteiger partial charge < -0.3 is 11.2 Å². The fraction of sp³-hybridized carbons (Fsp3) is 0.471. The van der Waals surface area contributed by atoms with Gasteiger partial charge in [-0.15, -0.1) is 0 Å². The smallest absolute Gasteiger partial charge is 0.213 e. The number of nitrogens with zero attached hydrogens (tertiary/aromatic N) is 3. The number of amidine groups is 2. The summed E-state index contributed by atoms with van der Waals surface area (Å²) in [5, 5.41) is 4.12. The van der Waals surface area contributed by atoms with Crippen molar-refractivity contribution >= 4 is 17.9 Å². The second-order valence-corrected chi connectivity index (χ2v) is 5.71. The van der Waals surface area contributed by atoms with Crippen molar-refractivity contribution in [3.63, 3.8) is 0 Å². The van der Waals surface area contributed by atoms with Gasteiger partial charge in [-0.25, -0.2) is 13.8 Å². The van der Waals surface area contributed by atoms with Crippen molar-refractivity contribution < 1.29 is 8.78 Å². The molecule has 0 aromatic heterocycles. The lowest BCUT2D eigenvalue weighted by molar-refractivity contribution is 0.494. The molecule has 0 amide bonds. The van der Waals surface area contributed by atoms with Gasteiger partial charge in [0.2, 0.25) is 5.84 Å². The molecule has 0 radical (unpaired) electrons. The van der Waals surface area contributed by atoms with E-state index in [4.69, 9.17) is 5.73 Å². The third-order valence-corrected chi connectivity index (χ3v) is 3.84. The number of hydrogen-bond acceptors (Lipinski definition) is 4. The van der Waals surface area contributed by atoms with Crippen LogP contribution in [0.3, 0.4) is 0 Å². The van der Waals surface area contributed by atoms with Crippen LogP contribution >= 0.6 is 0 Å². The maximum atomic E-state index is 14.1. The molecule has 24 heavy (non-hydrogen) atoms.